The number of hydrogen-bond donors (Lipinski definition) is 3. The number of fused-ring (bicyclic) bond motifs is 1. The van der Waals surface area contributed by atoms with Crippen molar-refractivity contribution in [3.63, 3.8) is 0 Å². The summed E-state index contributed by atoms with van der Waals surface area (Å²) < 4.78 is 1.11. The van der Waals surface area contributed by atoms with Crippen molar-refractivity contribution >= 4 is 45.0 Å². The molecule has 0 aliphatic heterocycles. The monoisotopic (exact) mass is 333 g/mol. The first-order valence-corrected chi connectivity index (χ1v) is 8.12. The molecule has 0 saturated heterocycles. The number of hydrogen-bond acceptors (Lipinski definition) is 6. The van der Waals surface area contributed by atoms with E-state index >= 15 is 0 Å². The minimum Gasteiger partial charge on any atom is -0.506 e. The average molecular weight is 333 g/mol. The van der Waals surface area contributed by atoms with Crippen molar-refractivity contribution in [2.24, 2.45) is 0 Å². The molecule has 3 rings (SSSR count). The second kappa shape index (κ2) is 6.20. The molecule has 0 radical (unpaired) electrons. The van der Waals surface area contributed by atoms with Gasteiger partial charge >= 0.3 is 0 Å². The lowest BCUT2D eigenvalue weighted by atomic mass is 10.3. The number of carbonyl (C=O) groups is 1. The topological polar surface area (TPSA) is 95.1 Å². The molecule has 8 heteroatoms. The molecule has 6 nitrogen and oxygen atoms in total. The number of carbonyl (C=O) groups excluding carboxylic acids is 1. The Morgan fingerprint density at radius 2 is 2.14 bits per heavy atom. The lowest BCUT2D eigenvalue weighted by Gasteiger charge is -2.03. The minimum atomic E-state index is -0.409. The van der Waals surface area contributed by atoms with Crippen LogP contribution in [0.4, 0.5) is 5.69 Å². The van der Waals surface area contributed by atoms with Crippen LogP contribution in [0.15, 0.2) is 45.5 Å². The standard InChI is InChI=1S/C14H11N3O3S2/c18-9-6-10(19)16-13-12(9)22-14(17-13)21-7-11(20)15-8-4-2-1-3-5-8/h1-6H,7H2,(H,15,20)(H2,16,18,19). The maximum Gasteiger partial charge on any atom is 0.253 e. The Kier molecular flexibility index (Phi) is 4.12. The molecule has 1 aromatic carbocycles. The molecule has 22 heavy (non-hydrogen) atoms. The van der Waals surface area contributed by atoms with Gasteiger partial charge in [0.15, 0.2) is 9.99 Å². The molecule has 112 valence electrons. The second-order valence-electron chi connectivity index (χ2n) is 4.38. The summed E-state index contributed by atoms with van der Waals surface area (Å²) in [6.45, 7) is 0. The molecule has 2 heterocycles. The zero-order valence-electron chi connectivity index (χ0n) is 11.2. The van der Waals surface area contributed by atoms with Crippen molar-refractivity contribution in [3.8, 4) is 5.75 Å². The summed E-state index contributed by atoms with van der Waals surface area (Å²) in [6, 6.07) is 10.3. The number of rotatable bonds is 4. The Balaban J connectivity index is 1.68. The molecule has 0 aliphatic carbocycles. The molecule has 3 N–H and O–H groups in total. The fraction of sp³-hybridized carbons (Fsp3) is 0.0714. The molecule has 1 amide bonds. The largest absolute Gasteiger partial charge is 0.506 e. The van der Waals surface area contributed by atoms with Crippen molar-refractivity contribution in [2.45, 2.75) is 4.34 Å². The van der Waals surface area contributed by atoms with Gasteiger partial charge < -0.3 is 15.4 Å². The van der Waals surface area contributed by atoms with Gasteiger partial charge in [-0.3, -0.25) is 9.59 Å². The summed E-state index contributed by atoms with van der Waals surface area (Å²) in [5, 5.41) is 12.5. The molecule has 0 bridgehead atoms. The van der Waals surface area contributed by atoms with Gasteiger partial charge in [0, 0.05) is 11.8 Å². The van der Waals surface area contributed by atoms with Crippen molar-refractivity contribution in [2.75, 3.05) is 11.1 Å². The summed E-state index contributed by atoms with van der Waals surface area (Å²) >= 11 is 2.48. The quantitative estimate of drug-likeness (QED) is 0.637. The van der Waals surface area contributed by atoms with Crippen molar-refractivity contribution in [1.29, 1.82) is 0 Å². The molecule has 0 spiro atoms. The molecule has 0 aliphatic rings. The van der Waals surface area contributed by atoms with Gasteiger partial charge in [0.2, 0.25) is 5.91 Å². The third kappa shape index (κ3) is 3.29. The van der Waals surface area contributed by atoms with E-state index in [1.807, 2.05) is 30.3 Å². The van der Waals surface area contributed by atoms with Crippen molar-refractivity contribution in [3.05, 3.63) is 46.8 Å². The van der Waals surface area contributed by atoms with E-state index in [4.69, 9.17) is 0 Å². The molecular formula is C14H11N3O3S2. The van der Waals surface area contributed by atoms with Crippen LogP contribution in [-0.4, -0.2) is 26.7 Å². The van der Waals surface area contributed by atoms with Crippen LogP contribution >= 0.6 is 23.1 Å². The highest BCUT2D eigenvalue weighted by atomic mass is 32.2. The highest BCUT2D eigenvalue weighted by molar-refractivity contribution is 8.01. The van der Waals surface area contributed by atoms with Crippen LogP contribution in [0.5, 0.6) is 5.75 Å². The molecular weight excluding hydrogens is 322 g/mol. The number of thioether (sulfide) groups is 1. The number of aromatic nitrogens is 2. The number of para-hydroxylation sites is 1. The van der Waals surface area contributed by atoms with E-state index in [0.29, 0.717) is 14.7 Å². The van der Waals surface area contributed by atoms with Gasteiger partial charge in [-0.2, -0.15) is 0 Å². The first-order chi connectivity index (χ1) is 10.6. The summed E-state index contributed by atoms with van der Waals surface area (Å²) in [7, 11) is 0. The van der Waals surface area contributed by atoms with E-state index in [1.54, 1.807) is 0 Å². The summed E-state index contributed by atoms with van der Waals surface area (Å²) in [5.74, 6) is -0.0512. The van der Waals surface area contributed by atoms with Crippen LogP contribution in [0.1, 0.15) is 0 Å². The highest BCUT2D eigenvalue weighted by Crippen LogP contribution is 2.32. The third-order valence-corrected chi connectivity index (χ3v) is 4.95. The van der Waals surface area contributed by atoms with Crippen LogP contribution in [0, 0.1) is 0 Å². The van der Waals surface area contributed by atoms with Crippen LogP contribution in [0.2, 0.25) is 0 Å². The van der Waals surface area contributed by atoms with Crippen LogP contribution in [0.25, 0.3) is 10.3 Å². The normalized spacial score (nSPS) is 10.7. The average Bonchev–Trinajstić information content (AvgIpc) is 2.89. The number of H-pyrrole nitrogens is 1. The number of amides is 1. The Morgan fingerprint density at radius 1 is 1.36 bits per heavy atom. The number of nitrogens with one attached hydrogen (secondary N) is 2. The third-order valence-electron chi connectivity index (χ3n) is 2.73. The maximum absolute atomic E-state index is 11.9. The summed E-state index contributed by atoms with van der Waals surface area (Å²) in [6.07, 6.45) is 0. The number of aromatic amines is 1. The van der Waals surface area contributed by atoms with E-state index in [9.17, 15) is 14.7 Å². The molecule has 0 unspecified atom stereocenters. The fourth-order valence-electron chi connectivity index (χ4n) is 1.81. The SMILES string of the molecule is O=C(CSc1nc2[nH]c(=O)cc(O)c2s1)Nc1ccccc1. The van der Waals surface area contributed by atoms with Crippen LogP contribution in [-0.2, 0) is 4.79 Å². The predicted octanol–water partition coefficient (Wildman–Crippen LogP) is 2.42. The lowest BCUT2D eigenvalue weighted by molar-refractivity contribution is -0.113. The van der Waals surface area contributed by atoms with Crippen LogP contribution < -0.4 is 10.9 Å². The highest BCUT2D eigenvalue weighted by Gasteiger charge is 2.11. The zero-order valence-corrected chi connectivity index (χ0v) is 12.8. The maximum atomic E-state index is 11.9. The second-order valence-corrected chi connectivity index (χ2v) is 6.60. The smallest absolute Gasteiger partial charge is 0.253 e. The van der Waals surface area contributed by atoms with Gasteiger partial charge in [0.1, 0.15) is 10.4 Å². The van der Waals surface area contributed by atoms with Gasteiger partial charge in [-0.1, -0.05) is 30.0 Å². The molecule has 0 saturated carbocycles. The van der Waals surface area contributed by atoms with Gasteiger partial charge in [0.05, 0.1) is 5.75 Å². The molecule has 3 aromatic rings. The van der Waals surface area contributed by atoms with E-state index in [2.05, 4.69) is 15.3 Å². The first kappa shape index (κ1) is 14.6. The molecule has 0 fully saturated rings. The van der Waals surface area contributed by atoms with Crippen molar-refractivity contribution in [1.82, 2.24) is 9.97 Å². The number of anilines is 1. The van der Waals surface area contributed by atoms with Crippen LogP contribution in [0.3, 0.4) is 0 Å². The Bertz CT molecular complexity index is 874. The summed E-state index contributed by atoms with van der Waals surface area (Å²) in [4.78, 5) is 29.9. The Hall–Kier alpha value is -2.32. The predicted molar refractivity (Wildman–Crippen MR) is 87.7 cm³/mol. The summed E-state index contributed by atoms with van der Waals surface area (Å²) in [5.41, 5.74) is 0.661. The number of benzene rings is 1. The number of aromatic hydroxyl groups is 1. The number of nitrogens with zero attached hydrogens (tertiary/aromatic N) is 1. The first-order valence-electron chi connectivity index (χ1n) is 6.32. The van der Waals surface area contributed by atoms with Gasteiger partial charge in [-0.15, -0.1) is 11.3 Å². The number of thiazole rings is 1. The molecule has 2 aromatic heterocycles. The van der Waals surface area contributed by atoms with E-state index in [0.717, 1.165) is 11.8 Å². The molecule has 0 atom stereocenters. The Morgan fingerprint density at radius 3 is 2.91 bits per heavy atom. The van der Waals surface area contributed by atoms with E-state index in [1.165, 1.54) is 23.1 Å². The Labute approximate surface area is 133 Å². The number of pyridine rings is 1. The van der Waals surface area contributed by atoms with Gasteiger partial charge in [-0.05, 0) is 12.1 Å². The van der Waals surface area contributed by atoms with E-state index in [-0.39, 0.29) is 17.4 Å². The van der Waals surface area contributed by atoms with Gasteiger partial charge in [0.25, 0.3) is 5.56 Å². The fourth-order valence-corrected chi connectivity index (χ4v) is 3.62. The van der Waals surface area contributed by atoms with E-state index < -0.39 is 5.56 Å². The lowest BCUT2D eigenvalue weighted by Crippen LogP contribution is -2.13. The minimum absolute atomic E-state index is 0.100. The zero-order chi connectivity index (χ0) is 15.5. The van der Waals surface area contributed by atoms with Gasteiger partial charge in [-0.25, -0.2) is 4.98 Å². The van der Waals surface area contributed by atoms with Crippen molar-refractivity contribution < 1.29 is 9.90 Å².